The lowest BCUT2D eigenvalue weighted by Crippen LogP contribution is -2.32. The zero-order valence-corrected chi connectivity index (χ0v) is 11.4. The number of ether oxygens (including phenoxy) is 1. The molecule has 1 fully saturated rings. The van der Waals surface area contributed by atoms with E-state index in [1.165, 1.54) is 29.0 Å². The van der Waals surface area contributed by atoms with E-state index in [-0.39, 0.29) is 11.1 Å². The van der Waals surface area contributed by atoms with E-state index >= 15 is 0 Å². The van der Waals surface area contributed by atoms with Crippen molar-refractivity contribution in [3.8, 4) is 0 Å². The summed E-state index contributed by atoms with van der Waals surface area (Å²) in [6.07, 6.45) is 1.20. The molecule has 3 rings (SSSR count). The molecule has 108 valence electrons. The van der Waals surface area contributed by atoms with Gasteiger partial charge in [0.05, 0.1) is 18.8 Å². The number of fused-ring (bicyclic) bond motifs is 1. The fourth-order valence-electron chi connectivity index (χ4n) is 2.31. The minimum Gasteiger partial charge on any atom is -0.387 e. The number of aromatic amines is 1. The molecular formula is C11H14N4O4S. The number of imidazole rings is 1. The van der Waals surface area contributed by atoms with Gasteiger partial charge in [-0.15, -0.1) is 0 Å². The van der Waals surface area contributed by atoms with Crippen LogP contribution in [0.15, 0.2) is 17.4 Å². The van der Waals surface area contributed by atoms with Crippen molar-refractivity contribution in [3.05, 3.63) is 23.0 Å². The summed E-state index contributed by atoms with van der Waals surface area (Å²) in [6, 6.07) is 0. The van der Waals surface area contributed by atoms with Crippen LogP contribution in [0.5, 0.6) is 0 Å². The van der Waals surface area contributed by atoms with Gasteiger partial charge in [0.25, 0.3) is 5.56 Å². The molecule has 8 nitrogen and oxygen atoms in total. The molecule has 9 heteroatoms. The van der Waals surface area contributed by atoms with Crippen LogP contribution in [-0.2, 0) is 4.74 Å². The first-order valence-electron chi connectivity index (χ1n) is 6.04. The standard InChI is InChI=1S/C11H14N4O4S/c1-20-2-5-7(16)8(17)11(19-5)15-4-14-6-9(15)12-3-13-10(6)18/h3-5,7-8,11,16-17H,2H2,1H3,(H,12,13,18)/t5-,7+,8-,11-/m0/s1. The van der Waals surface area contributed by atoms with Crippen LogP contribution in [-0.4, -0.2) is 60.1 Å². The van der Waals surface area contributed by atoms with E-state index in [4.69, 9.17) is 4.74 Å². The molecule has 0 amide bonds. The van der Waals surface area contributed by atoms with Crippen LogP contribution in [0.2, 0.25) is 0 Å². The first-order chi connectivity index (χ1) is 9.63. The molecule has 2 aromatic rings. The van der Waals surface area contributed by atoms with Crippen molar-refractivity contribution in [2.24, 2.45) is 0 Å². The molecule has 0 aliphatic carbocycles. The Bertz CT molecular complexity index is 672. The summed E-state index contributed by atoms with van der Waals surface area (Å²) in [4.78, 5) is 22.0. The lowest BCUT2D eigenvalue weighted by Gasteiger charge is -2.16. The summed E-state index contributed by atoms with van der Waals surface area (Å²) in [5.41, 5.74) is 0.128. The maximum atomic E-state index is 11.6. The van der Waals surface area contributed by atoms with Gasteiger partial charge in [0.1, 0.15) is 12.2 Å². The Balaban J connectivity index is 1.99. The highest BCUT2D eigenvalue weighted by Gasteiger charge is 2.43. The van der Waals surface area contributed by atoms with Crippen LogP contribution >= 0.6 is 11.8 Å². The highest BCUT2D eigenvalue weighted by atomic mass is 32.2. The van der Waals surface area contributed by atoms with Crippen molar-refractivity contribution >= 4 is 22.9 Å². The number of H-pyrrole nitrogens is 1. The summed E-state index contributed by atoms with van der Waals surface area (Å²) >= 11 is 1.52. The summed E-state index contributed by atoms with van der Waals surface area (Å²) < 4.78 is 7.14. The highest BCUT2D eigenvalue weighted by Crippen LogP contribution is 2.31. The second kappa shape index (κ2) is 5.17. The smallest absolute Gasteiger partial charge is 0.278 e. The molecule has 2 aromatic heterocycles. The fraction of sp³-hybridized carbons (Fsp3) is 0.545. The monoisotopic (exact) mass is 298 g/mol. The average Bonchev–Trinajstić information content (AvgIpc) is 2.97. The number of aliphatic hydroxyl groups is 2. The molecule has 4 atom stereocenters. The molecule has 0 unspecified atom stereocenters. The molecule has 3 N–H and O–H groups in total. The molecule has 20 heavy (non-hydrogen) atoms. The summed E-state index contributed by atoms with van der Waals surface area (Å²) in [5.74, 6) is 0.565. The Morgan fingerprint density at radius 1 is 1.45 bits per heavy atom. The van der Waals surface area contributed by atoms with Crippen LogP contribution < -0.4 is 5.56 Å². The zero-order valence-electron chi connectivity index (χ0n) is 10.6. The highest BCUT2D eigenvalue weighted by molar-refractivity contribution is 7.98. The maximum absolute atomic E-state index is 11.6. The summed E-state index contributed by atoms with van der Waals surface area (Å²) in [7, 11) is 0. The van der Waals surface area contributed by atoms with Crippen LogP contribution in [0.4, 0.5) is 0 Å². The lowest BCUT2D eigenvalue weighted by molar-refractivity contribution is -0.0288. The lowest BCUT2D eigenvalue weighted by atomic mass is 10.1. The Labute approximate surface area is 117 Å². The second-order valence-electron chi connectivity index (χ2n) is 4.56. The number of nitrogens with zero attached hydrogens (tertiary/aromatic N) is 3. The Morgan fingerprint density at radius 2 is 2.25 bits per heavy atom. The number of aliphatic hydroxyl groups excluding tert-OH is 2. The fourth-order valence-corrected chi connectivity index (χ4v) is 2.91. The van der Waals surface area contributed by atoms with E-state index in [0.29, 0.717) is 11.4 Å². The van der Waals surface area contributed by atoms with E-state index in [1.54, 1.807) is 0 Å². The number of aromatic nitrogens is 4. The zero-order chi connectivity index (χ0) is 14.3. The number of rotatable bonds is 3. The van der Waals surface area contributed by atoms with Gasteiger partial charge in [0.2, 0.25) is 0 Å². The van der Waals surface area contributed by atoms with Crippen molar-refractivity contribution in [3.63, 3.8) is 0 Å². The van der Waals surface area contributed by atoms with E-state index in [2.05, 4.69) is 15.0 Å². The van der Waals surface area contributed by atoms with Crippen LogP contribution in [0.3, 0.4) is 0 Å². The van der Waals surface area contributed by atoms with Crippen molar-refractivity contribution in [2.75, 3.05) is 12.0 Å². The van der Waals surface area contributed by atoms with Gasteiger partial charge in [0.15, 0.2) is 17.4 Å². The van der Waals surface area contributed by atoms with Gasteiger partial charge < -0.3 is 19.9 Å². The van der Waals surface area contributed by atoms with E-state index in [9.17, 15) is 15.0 Å². The van der Waals surface area contributed by atoms with Crippen LogP contribution in [0.25, 0.3) is 11.2 Å². The van der Waals surface area contributed by atoms with E-state index < -0.39 is 24.5 Å². The van der Waals surface area contributed by atoms with Gasteiger partial charge in [0, 0.05) is 5.75 Å². The second-order valence-corrected chi connectivity index (χ2v) is 5.47. The first-order valence-corrected chi connectivity index (χ1v) is 7.43. The van der Waals surface area contributed by atoms with Gasteiger partial charge in [-0.1, -0.05) is 0 Å². The number of thioether (sulfide) groups is 1. The van der Waals surface area contributed by atoms with Gasteiger partial charge in [-0.05, 0) is 6.26 Å². The van der Waals surface area contributed by atoms with Crippen molar-refractivity contribution in [2.45, 2.75) is 24.5 Å². The Hall–Kier alpha value is -1.42. The van der Waals surface area contributed by atoms with Crippen molar-refractivity contribution in [1.29, 1.82) is 0 Å². The van der Waals surface area contributed by atoms with Gasteiger partial charge in [-0.3, -0.25) is 9.36 Å². The predicted octanol–water partition coefficient (Wildman–Crippen LogP) is -0.898. The maximum Gasteiger partial charge on any atom is 0.278 e. The quantitative estimate of drug-likeness (QED) is 0.673. The molecule has 1 saturated heterocycles. The summed E-state index contributed by atoms with van der Waals surface area (Å²) in [5, 5.41) is 20.1. The number of hydrogen-bond acceptors (Lipinski definition) is 7. The minimum atomic E-state index is -1.09. The molecule has 0 spiro atoms. The average molecular weight is 298 g/mol. The third-order valence-corrected chi connectivity index (χ3v) is 3.97. The molecular weight excluding hydrogens is 284 g/mol. The van der Waals surface area contributed by atoms with E-state index in [1.807, 2.05) is 6.26 Å². The van der Waals surface area contributed by atoms with Crippen LogP contribution in [0.1, 0.15) is 6.23 Å². The molecule has 0 aromatic carbocycles. The van der Waals surface area contributed by atoms with Gasteiger partial charge >= 0.3 is 0 Å². The normalized spacial score (nSPS) is 30.1. The third kappa shape index (κ3) is 2.03. The molecule has 0 radical (unpaired) electrons. The molecule has 0 saturated carbocycles. The largest absolute Gasteiger partial charge is 0.387 e. The van der Waals surface area contributed by atoms with Crippen molar-refractivity contribution in [1.82, 2.24) is 19.5 Å². The molecule has 1 aliphatic heterocycles. The number of hydrogen-bond donors (Lipinski definition) is 3. The molecule has 0 bridgehead atoms. The predicted molar refractivity (Wildman–Crippen MR) is 72.5 cm³/mol. The van der Waals surface area contributed by atoms with Crippen molar-refractivity contribution < 1.29 is 14.9 Å². The van der Waals surface area contributed by atoms with Gasteiger partial charge in [-0.2, -0.15) is 11.8 Å². The molecule has 1 aliphatic rings. The Kier molecular flexibility index (Phi) is 3.50. The van der Waals surface area contributed by atoms with E-state index in [0.717, 1.165) is 0 Å². The summed E-state index contributed by atoms with van der Waals surface area (Å²) in [6.45, 7) is 0. The first kappa shape index (κ1) is 13.6. The number of nitrogens with one attached hydrogen (secondary N) is 1. The third-order valence-electron chi connectivity index (χ3n) is 3.31. The minimum absolute atomic E-state index is 0.172. The topological polar surface area (TPSA) is 113 Å². The SMILES string of the molecule is CSC[C@@H]1O[C@H](n2cnc3c(=O)[nH]cnc32)[C@@H](O)[C@@H]1O. The molecule has 3 heterocycles. The van der Waals surface area contributed by atoms with Gasteiger partial charge in [-0.25, -0.2) is 9.97 Å². The van der Waals surface area contributed by atoms with Crippen LogP contribution in [0, 0.1) is 0 Å². The Morgan fingerprint density at radius 3 is 3.00 bits per heavy atom.